The summed E-state index contributed by atoms with van der Waals surface area (Å²) in [5.41, 5.74) is 0.0741. The third-order valence-electron chi connectivity index (χ3n) is 1.47. The van der Waals surface area contributed by atoms with E-state index in [2.05, 4.69) is 0 Å². The molecule has 0 aliphatic rings. The lowest BCUT2D eigenvalue weighted by molar-refractivity contribution is 0.111. The van der Waals surface area contributed by atoms with Crippen molar-refractivity contribution in [3.05, 3.63) is 22.7 Å². The minimum absolute atomic E-state index is 0.0741. The van der Waals surface area contributed by atoms with E-state index in [1.807, 2.05) is 0 Å². The van der Waals surface area contributed by atoms with Crippen LogP contribution in [0.4, 0.5) is 0 Å². The second-order valence-corrected chi connectivity index (χ2v) is 2.54. The van der Waals surface area contributed by atoms with Crippen molar-refractivity contribution in [2.24, 2.45) is 0 Å². The van der Waals surface area contributed by atoms with Crippen molar-refractivity contribution < 1.29 is 14.6 Å². The van der Waals surface area contributed by atoms with Crippen molar-refractivity contribution in [2.75, 3.05) is 7.11 Å². The Hall–Kier alpha value is -1.22. The normalized spacial score (nSPS) is 9.50. The first-order chi connectivity index (χ1) is 5.70. The highest BCUT2D eigenvalue weighted by Gasteiger charge is 2.10. The highest BCUT2D eigenvalue weighted by Crippen LogP contribution is 2.32. The molecule has 0 saturated heterocycles. The molecule has 0 bridgehead atoms. The molecule has 12 heavy (non-hydrogen) atoms. The van der Waals surface area contributed by atoms with Crippen LogP contribution >= 0.6 is 11.6 Å². The number of carbonyl (C=O) groups excluding carboxylic acids is 1. The maximum atomic E-state index is 10.5. The van der Waals surface area contributed by atoms with Gasteiger partial charge in [-0.3, -0.25) is 4.79 Å². The van der Waals surface area contributed by atoms with Gasteiger partial charge in [0.1, 0.15) is 11.5 Å². The van der Waals surface area contributed by atoms with E-state index in [0.717, 1.165) is 0 Å². The number of carbonyl (C=O) groups is 1. The van der Waals surface area contributed by atoms with Gasteiger partial charge in [0.25, 0.3) is 0 Å². The Kier molecular flexibility index (Phi) is 2.55. The van der Waals surface area contributed by atoms with Gasteiger partial charge < -0.3 is 9.84 Å². The zero-order valence-corrected chi connectivity index (χ0v) is 7.13. The SMILES string of the molecule is COc1ccc(Cl)c(O)c1C=O. The van der Waals surface area contributed by atoms with Crippen LogP contribution < -0.4 is 4.74 Å². The van der Waals surface area contributed by atoms with Crippen molar-refractivity contribution in [1.82, 2.24) is 0 Å². The van der Waals surface area contributed by atoms with Crippen LogP contribution in [0.3, 0.4) is 0 Å². The van der Waals surface area contributed by atoms with Gasteiger partial charge in [0.2, 0.25) is 0 Å². The van der Waals surface area contributed by atoms with Gasteiger partial charge in [-0.05, 0) is 12.1 Å². The van der Waals surface area contributed by atoms with E-state index in [4.69, 9.17) is 16.3 Å². The first kappa shape index (κ1) is 8.87. The Balaban J connectivity index is 3.35. The van der Waals surface area contributed by atoms with Crippen molar-refractivity contribution in [1.29, 1.82) is 0 Å². The van der Waals surface area contributed by atoms with Crippen molar-refractivity contribution in [2.45, 2.75) is 0 Å². The van der Waals surface area contributed by atoms with Gasteiger partial charge in [-0.15, -0.1) is 0 Å². The Morgan fingerprint density at radius 2 is 2.25 bits per heavy atom. The standard InChI is InChI=1S/C8H7ClO3/c1-12-7-3-2-6(9)8(11)5(7)4-10/h2-4,11H,1H3. The number of rotatable bonds is 2. The van der Waals surface area contributed by atoms with E-state index in [-0.39, 0.29) is 16.3 Å². The number of phenolic OH excluding ortho intramolecular Hbond substituents is 1. The Morgan fingerprint density at radius 3 is 2.75 bits per heavy atom. The van der Waals surface area contributed by atoms with Crippen molar-refractivity contribution in [3.8, 4) is 11.5 Å². The summed E-state index contributed by atoms with van der Waals surface area (Å²) in [5, 5.41) is 9.40. The van der Waals surface area contributed by atoms with Gasteiger partial charge >= 0.3 is 0 Å². The molecule has 4 heteroatoms. The molecule has 0 amide bonds. The maximum Gasteiger partial charge on any atom is 0.157 e. The van der Waals surface area contributed by atoms with E-state index >= 15 is 0 Å². The first-order valence-electron chi connectivity index (χ1n) is 3.21. The molecule has 0 atom stereocenters. The minimum Gasteiger partial charge on any atom is -0.505 e. The maximum absolute atomic E-state index is 10.5. The monoisotopic (exact) mass is 186 g/mol. The predicted octanol–water partition coefficient (Wildman–Crippen LogP) is 1.87. The molecule has 0 spiro atoms. The quantitative estimate of drug-likeness (QED) is 0.718. The molecule has 0 fully saturated rings. The van der Waals surface area contributed by atoms with Crippen LogP contribution in [-0.4, -0.2) is 18.5 Å². The van der Waals surface area contributed by atoms with Crippen LogP contribution in [0.15, 0.2) is 12.1 Å². The molecule has 0 heterocycles. The van der Waals surface area contributed by atoms with Gasteiger partial charge in [-0.1, -0.05) is 11.6 Å². The van der Waals surface area contributed by atoms with Gasteiger partial charge in [0.15, 0.2) is 6.29 Å². The molecule has 0 radical (unpaired) electrons. The summed E-state index contributed by atoms with van der Waals surface area (Å²) in [6, 6.07) is 2.98. The number of hydrogen-bond donors (Lipinski definition) is 1. The van der Waals surface area contributed by atoms with Crippen molar-refractivity contribution in [3.63, 3.8) is 0 Å². The fourth-order valence-electron chi connectivity index (χ4n) is 0.855. The van der Waals surface area contributed by atoms with Crippen LogP contribution in [0.25, 0.3) is 0 Å². The molecule has 1 rings (SSSR count). The van der Waals surface area contributed by atoms with E-state index in [0.29, 0.717) is 12.0 Å². The van der Waals surface area contributed by atoms with E-state index in [1.165, 1.54) is 19.2 Å². The molecule has 1 N–H and O–H groups in total. The van der Waals surface area contributed by atoms with Gasteiger partial charge in [-0.25, -0.2) is 0 Å². The molecule has 64 valence electrons. The first-order valence-corrected chi connectivity index (χ1v) is 3.59. The number of methoxy groups -OCH3 is 1. The van der Waals surface area contributed by atoms with Gasteiger partial charge in [0, 0.05) is 0 Å². The number of ether oxygens (including phenoxy) is 1. The summed E-state index contributed by atoms with van der Waals surface area (Å²) in [6.45, 7) is 0. The van der Waals surface area contributed by atoms with Crippen LogP contribution in [0.5, 0.6) is 11.5 Å². The molecule has 0 aliphatic heterocycles. The Morgan fingerprint density at radius 1 is 1.58 bits per heavy atom. The number of hydrogen-bond acceptors (Lipinski definition) is 3. The summed E-state index contributed by atoms with van der Waals surface area (Å²) in [4.78, 5) is 10.5. The highest BCUT2D eigenvalue weighted by molar-refractivity contribution is 6.32. The lowest BCUT2D eigenvalue weighted by Crippen LogP contribution is -1.90. The summed E-state index contributed by atoms with van der Waals surface area (Å²) in [6.07, 6.45) is 0.500. The number of benzene rings is 1. The van der Waals surface area contributed by atoms with Crippen LogP contribution in [0, 0.1) is 0 Å². The smallest absolute Gasteiger partial charge is 0.157 e. The summed E-state index contributed by atoms with van der Waals surface area (Å²) in [7, 11) is 1.41. The largest absolute Gasteiger partial charge is 0.505 e. The Bertz CT molecular complexity index is 309. The minimum atomic E-state index is -0.244. The molecule has 0 unspecified atom stereocenters. The highest BCUT2D eigenvalue weighted by atomic mass is 35.5. The summed E-state index contributed by atoms with van der Waals surface area (Å²) in [5.74, 6) is 0.0675. The zero-order chi connectivity index (χ0) is 9.14. The lowest BCUT2D eigenvalue weighted by atomic mass is 10.2. The number of phenols is 1. The fraction of sp³-hybridized carbons (Fsp3) is 0.125. The van der Waals surface area contributed by atoms with Gasteiger partial charge in [-0.2, -0.15) is 0 Å². The topological polar surface area (TPSA) is 46.5 Å². The molecular formula is C8H7ClO3. The Labute approximate surface area is 74.5 Å². The second kappa shape index (κ2) is 3.45. The molecule has 0 aliphatic carbocycles. The van der Waals surface area contributed by atoms with E-state index < -0.39 is 0 Å². The third-order valence-corrected chi connectivity index (χ3v) is 1.77. The fourth-order valence-corrected chi connectivity index (χ4v) is 1.02. The van der Waals surface area contributed by atoms with E-state index in [9.17, 15) is 9.90 Å². The average molecular weight is 187 g/mol. The van der Waals surface area contributed by atoms with Crippen molar-refractivity contribution >= 4 is 17.9 Å². The third kappa shape index (κ3) is 1.36. The summed E-state index contributed by atoms with van der Waals surface area (Å²) < 4.78 is 4.82. The second-order valence-electron chi connectivity index (χ2n) is 2.13. The molecular weight excluding hydrogens is 180 g/mol. The number of aromatic hydroxyl groups is 1. The molecule has 3 nitrogen and oxygen atoms in total. The summed E-state index contributed by atoms with van der Waals surface area (Å²) >= 11 is 5.56. The van der Waals surface area contributed by atoms with Crippen LogP contribution in [0.2, 0.25) is 5.02 Å². The number of aldehydes is 1. The number of halogens is 1. The van der Waals surface area contributed by atoms with Crippen LogP contribution in [-0.2, 0) is 0 Å². The lowest BCUT2D eigenvalue weighted by Gasteiger charge is -2.05. The van der Waals surface area contributed by atoms with Gasteiger partial charge in [0.05, 0.1) is 17.7 Å². The molecule has 1 aromatic rings. The molecule has 0 aromatic heterocycles. The zero-order valence-electron chi connectivity index (χ0n) is 6.37. The molecule has 0 saturated carbocycles. The average Bonchev–Trinajstić information content (AvgIpc) is 2.09. The molecule has 1 aromatic carbocycles. The van der Waals surface area contributed by atoms with E-state index in [1.54, 1.807) is 0 Å². The predicted molar refractivity (Wildman–Crippen MR) is 45.1 cm³/mol. The van der Waals surface area contributed by atoms with Crippen LogP contribution in [0.1, 0.15) is 10.4 Å².